The van der Waals surface area contributed by atoms with Gasteiger partial charge in [0.25, 0.3) is 0 Å². The molecule has 3 heterocycles. The summed E-state index contributed by atoms with van der Waals surface area (Å²) in [5.41, 5.74) is 5.41. The van der Waals surface area contributed by atoms with Crippen LogP contribution in [0.2, 0.25) is 0 Å². The summed E-state index contributed by atoms with van der Waals surface area (Å²) in [6.07, 6.45) is 9.47. The summed E-state index contributed by atoms with van der Waals surface area (Å²) < 4.78 is 12.8. The summed E-state index contributed by atoms with van der Waals surface area (Å²) >= 11 is 0. The zero-order valence-electron chi connectivity index (χ0n) is 20.3. The van der Waals surface area contributed by atoms with E-state index in [0.29, 0.717) is 0 Å². The monoisotopic (exact) mass is 471 g/mol. The number of rotatable bonds is 9. The summed E-state index contributed by atoms with van der Waals surface area (Å²) in [6.45, 7) is 2.67. The van der Waals surface area contributed by atoms with E-state index in [1.54, 1.807) is 31.3 Å². The first-order chi connectivity index (χ1) is 17.1. The van der Waals surface area contributed by atoms with Gasteiger partial charge in [0.15, 0.2) is 0 Å². The van der Waals surface area contributed by atoms with Gasteiger partial charge in [-0.25, -0.2) is 4.98 Å². The van der Waals surface area contributed by atoms with E-state index in [4.69, 9.17) is 14.5 Å². The maximum Gasteiger partial charge on any atom is 0.124 e. The van der Waals surface area contributed by atoms with Crippen LogP contribution in [0.3, 0.4) is 0 Å². The van der Waals surface area contributed by atoms with Gasteiger partial charge in [0.05, 0.1) is 43.3 Å². The SMILES string of the molecule is COc1cc(OC)cc(N(CCCN2CCC=N2)c2ccc3ncc(-c4cnn(C)c4)nc3c2)c1. The van der Waals surface area contributed by atoms with E-state index in [2.05, 4.69) is 37.2 Å². The first kappa shape index (κ1) is 22.6. The van der Waals surface area contributed by atoms with Crippen molar-refractivity contribution in [2.24, 2.45) is 12.1 Å². The first-order valence-electron chi connectivity index (χ1n) is 11.7. The van der Waals surface area contributed by atoms with Crippen molar-refractivity contribution in [1.82, 2.24) is 24.8 Å². The number of anilines is 2. The predicted molar refractivity (Wildman–Crippen MR) is 138 cm³/mol. The van der Waals surface area contributed by atoms with Gasteiger partial charge in [0.1, 0.15) is 11.5 Å². The van der Waals surface area contributed by atoms with Crippen molar-refractivity contribution in [1.29, 1.82) is 0 Å². The fourth-order valence-corrected chi connectivity index (χ4v) is 4.23. The lowest BCUT2D eigenvalue weighted by atomic mass is 10.1. The molecule has 0 unspecified atom stereocenters. The van der Waals surface area contributed by atoms with Crippen LogP contribution in [0.5, 0.6) is 11.5 Å². The molecule has 2 aromatic heterocycles. The van der Waals surface area contributed by atoms with Crippen LogP contribution in [0.4, 0.5) is 11.4 Å². The fourth-order valence-electron chi connectivity index (χ4n) is 4.23. The third kappa shape index (κ3) is 5.03. The third-order valence-electron chi connectivity index (χ3n) is 6.05. The highest BCUT2D eigenvalue weighted by Crippen LogP contribution is 2.34. The maximum absolute atomic E-state index is 5.54. The number of nitrogens with zero attached hydrogens (tertiary/aromatic N) is 7. The molecule has 0 amide bonds. The Kier molecular flexibility index (Phi) is 6.47. The van der Waals surface area contributed by atoms with Crippen LogP contribution in [-0.4, -0.2) is 64.8 Å². The molecule has 0 aliphatic carbocycles. The number of aryl methyl sites for hydroxylation is 1. The zero-order chi connectivity index (χ0) is 24.2. The summed E-state index contributed by atoms with van der Waals surface area (Å²) in [7, 11) is 5.23. The fraction of sp³-hybridized carbons (Fsp3) is 0.308. The van der Waals surface area contributed by atoms with Gasteiger partial charge in [0, 0.05) is 80.7 Å². The highest BCUT2D eigenvalue weighted by atomic mass is 16.5. The van der Waals surface area contributed by atoms with Crippen LogP contribution in [0.1, 0.15) is 12.8 Å². The maximum atomic E-state index is 5.54. The van der Waals surface area contributed by atoms with E-state index >= 15 is 0 Å². The van der Waals surface area contributed by atoms with Gasteiger partial charge >= 0.3 is 0 Å². The quantitative estimate of drug-likeness (QED) is 0.361. The van der Waals surface area contributed by atoms with E-state index in [1.165, 1.54) is 0 Å². The Morgan fingerprint density at radius 3 is 2.49 bits per heavy atom. The average Bonchev–Trinajstić information content (AvgIpc) is 3.57. The standard InChI is InChI=1S/C26H29N7O2/c1-31-18-19(16-29-31)26-17-27-24-7-6-20(14-25(24)30-26)33(11-5-10-32-9-4-8-28-32)21-12-22(34-2)15-23(13-21)35-3/h6-8,12-18H,4-5,9-11H2,1-3H3. The van der Waals surface area contributed by atoms with Gasteiger partial charge in [-0.05, 0) is 24.6 Å². The molecular formula is C26H29N7O2. The number of aromatic nitrogens is 4. The molecule has 35 heavy (non-hydrogen) atoms. The molecule has 5 rings (SSSR count). The molecule has 0 saturated carbocycles. The molecule has 0 radical (unpaired) electrons. The van der Waals surface area contributed by atoms with Crippen LogP contribution in [0.15, 0.2) is 60.1 Å². The second-order valence-electron chi connectivity index (χ2n) is 8.45. The van der Waals surface area contributed by atoms with Gasteiger partial charge < -0.3 is 14.4 Å². The Bertz CT molecular complexity index is 1330. The second-order valence-corrected chi connectivity index (χ2v) is 8.45. The summed E-state index contributed by atoms with van der Waals surface area (Å²) in [5, 5.41) is 10.8. The largest absolute Gasteiger partial charge is 0.497 e. The average molecular weight is 472 g/mol. The van der Waals surface area contributed by atoms with Crippen molar-refractivity contribution in [3.05, 3.63) is 55.0 Å². The van der Waals surface area contributed by atoms with Gasteiger partial charge in [-0.1, -0.05) is 0 Å². The number of hydrogen-bond acceptors (Lipinski definition) is 8. The number of hydrogen-bond donors (Lipinski definition) is 0. The van der Waals surface area contributed by atoms with E-state index in [-0.39, 0.29) is 0 Å². The highest BCUT2D eigenvalue weighted by molar-refractivity contribution is 5.82. The number of hydrazone groups is 1. The molecule has 0 bridgehead atoms. The Morgan fingerprint density at radius 1 is 0.971 bits per heavy atom. The Balaban J connectivity index is 1.51. The van der Waals surface area contributed by atoms with Gasteiger partial charge in [-0.15, -0.1) is 0 Å². The van der Waals surface area contributed by atoms with Crippen LogP contribution in [-0.2, 0) is 7.05 Å². The van der Waals surface area contributed by atoms with Crippen LogP contribution < -0.4 is 14.4 Å². The van der Waals surface area contributed by atoms with E-state index in [9.17, 15) is 0 Å². The molecule has 9 heteroatoms. The molecule has 9 nitrogen and oxygen atoms in total. The lowest BCUT2D eigenvalue weighted by Crippen LogP contribution is -2.24. The molecule has 1 aliphatic rings. The smallest absolute Gasteiger partial charge is 0.124 e. The minimum Gasteiger partial charge on any atom is -0.497 e. The van der Waals surface area contributed by atoms with Crippen molar-refractivity contribution in [3.63, 3.8) is 0 Å². The number of fused-ring (bicyclic) bond motifs is 1. The minimum atomic E-state index is 0.743. The Hall–Kier alpha value is -4.14. The number of benzene rings is 2. The first-order valence-corrected chi connectivity index (χ1v) is 11.7. The van der Waals surface area contributed by atoms with Gasteiger partial charge in [-0.3, -0.25) is 14.7 Å². The van der Waals surface area contributed by atoms with E-state index in [1.807, 2.05) is 43.7 Å². The highest BCUT2D eigenvalue weighted by Gasteiger charge is 2.15. The Labute approximate surface area is 204 Å². The Morgan fingerprint density at radius 2 is 1.80 bits per heavy atom. The van der Waals surface area contributed by atoms with E-state index < -0.39 is 0 Å². The summed E-state index contributed by atoms with van der Waals surface area (Å²) in [6, 6.07) is 12.1. The van der Waals surface area contributed by atoms with Crippen molar-refractivity contribution < 1.29 is 9.47 Å². The van der Waals surface area contributed by atoms with Crippen molar-refractivity contribution in [2.75, 3.05) is 38.8 Å². The van der Waals surface area contributed by atoms with Crippen molar-refractivity contribution >= 4 is 28.6 Å². The second kappa shape index (κ2) is 10.0. The lowest BCUT2D eigenvalue weighted by Gasteiger charge is -2.27. The molecule has 1 aliphatic heterocycles. The van der Waals surface area contributed by atoms with Crippen molar-refractivity contribution in [3.8, 4) is 22.8 Å². The van der Waals surface area contributed by atoms with Crippen LogP contribution in [0, 0.1) is 0 Å². The predicted octanol–water partition coefficient (Wildman–Crippen LogP) is 4.27. The molecule has 180 valence electrons. The lowest BCUT2D eigenvalue weighted by molar-refractivity contribution is 0.315. The molecule has 4 aromatic rings. The summed E-state index contributed by atoms with van der Waals surface area (Å²) in [5.74, 6) is 1.49. The van der Waals surface area contributed by atoms with Crippen LogP contribution >= 0.6 is 0 Å². The number of methoxy groups -OCH3 is 2. The van der Waals surface area contributed by atoms with Gasteiger partial charge in [-0.2, -0.15) is 10.2 Å². The molecule has 0 fully saturated rings. The van der Waals surface area contributed by atoms with Gasteiger partial charge in [0.2, 0.25) is 0 Å². The minimum absolute atomic E-state index is 0.743. The topological polar surface area (TPSA) is 80.9 Å². The third-order valence-corrected chi connectivity index (χ3v) is 6.05. The van der Waals surface area contributed by atoms with Crippen molar-refractivity contribution in [2.45, 2.75) is 12.8 Å². The van der Waals surface area contributed by atoms with Crippen LogP contribution in [0.25, 0.3) is 22.3 Å². The normalized spacial score (nSPS) is 12.9. The summed E-state index contributed by atoms with van der Waals surface area (Å²) in [4.78, 5) is 11.8. The zero-order valence-corrected chi connectivity index (χ0v) is 20.3. The molecular weight excluding hydrogens is 442 g/mol. The molecule has 0 atom stereocenters. The van der Waals surface area contributed by atoms with E-state index in [0.717, 1.165) is 77.6 Å². The molecule has 0 spiro atoms. The number of ether oxygens (including phenoxy) is 2. The molecule has 2 aromatic carbocycles. The molecule has 0 saturated heterocycles. The molecule has 0 N–H and O–H groups in total.